The summed E-state index contributed by atoms with van der Waals surface area (Å²) >= 11 is 18.2. The molecule has 0 aromatic heterocycles. The van der Waals surface area contributed by atoms with Crippen LogP contribution in [0.1, 0.15) is 29.0 Å². The van der Waals surface area contributed by atoms with Crippen LogP contribution in [-0.2, 0) is 11.4 Å². The molecule has 0 amide bonds. The summed E-state index contributed by atoms with van der Waals surface area (Å²) < 4.78 is 10.9. The normalized spacial score (nSPS) is 18.6. The molecule has 0 saturated heterocycles. The van der Waals surface area contributed by atoms with Crippen LogP contribution in [0.4, 0.5) is 5.69 Å². The molecule has 7 nitrogen and oxygen atoms in total. The molecule has 0 N–H and O–H groups in total. The number of nitro groups is 1. The first-order valence-electron chi connectivity index (χ1n) is 10.4. The molecule has 1 fully saturated rings. The second kappa shape index (κ2) is 9.33. The zero-order valence-corrected chi connectivity index (χ0v) is 19.8. The van der Waals surface area contributed by atoms with Gasteiger partial charge in [0.2, 0.25) is 6.79 Å². The number of ether oxygens (including phenoxy) is 2. The SMILES string of the molecule is O=[N+]([O-])c1cc(/C(=N/OCc2ccc(Cl)cc2Cl)[C@H]2C[C@@H]2c2ccc3c(c2)OCO3)ccc1Cl. The molecule has 1 heterocycles. The number of hydrogen-bond donors (Lipinski definition) is 0. The van der Waals surface area contributed by atoms with Crippen molar-refractivity contribution in [1.82, 2.24) is 0 Å². The van der Waals surface area contributed by atoms with E-state index in [1.807, 2.05) is 18.2 Å². The third kappa shape index (κ3) is 4.64. The van der Waals surface area contributed by atoms with E-state index in [-0.39, 0.29) is 35.9 Å². The van der Waals surface area contributed by atoms with Gasteiger partial charge in [-0.15, -0.1) is 0 Å². The molecule has 1 saturated carbocycles. The van der Waals surface area contributed by atoms with E-state index < -0.39 is 4.92 Å². The van der Waals surface area contributed by atoms with Gasteiger partial charge in [-0.2, -0.15) is 0 Å². The second-order valence-corrected chi connectivity index (χ2v) is 9.22. The Balaban J connectivity index is 1.43. The van der Waals surface area contributed by atoms with Crippen molar-refractivity contribution in [3.63, 3.8) is 0 Å². The van der Waals surface area contributed by atoms with Crippen LogP contribution in [0.2, 0.25) is 15.1 Å². The number of fused-ring (bicyclic) bond motifs is 1. The molecule has 0 radical (unpaired) electrons. The standard InChI is InChI=1S/C24H17Cl3N2O5/c25-16-4-1-15(20(27)9-16)11-34-28-24(14-2-5-19(26)21(7-14)29(30)31)18-10-17(18)13-3-6-22-23(8-13)33-12-32-22/h1-9,17-18H,10-12H2/b28-24-/t17-,18+/m1/s1. The Kier molecular flexibility index (Phi) is 6.25. The fourth-order valence-electron chi connectivity index (χ4n) is 3.97. The zero-order chi connectivity index (χ0) is 23.8. The van der Waals surface area contributed by atoms with Crippen LogP contribution in [0, 0.1) is 16.0 Å². The van der Waals surface area contributed by atoms with E-state index in [1.54, 1.807) is 24.3 Å². The minimum Gasteiger partial charge on any atom is -0.454 e. The molecule has 0 unspecified atom stereocenters. The Morgan fingerprint density at radius 2 is 1.85 bits per heavy atom. The number of benzene rings is 3. The average Bonchev–Trinajstić information content (AvgIpc) is 3.45. The largest absolute Gasteiger partial charge is 0.454 e. The smallest absolute Gasteiger partial charge is 0.288 e. The fraction of sp³-hybridized carbons (Fsp3) is 0.208. The highest BCUT2D eigenvalue weighted by molar-refractivity contribution is 6.35. The van der Waals surface area contributed by atoms with Crippen molar-refractivity contribution >= 4 is 46.2 Å². The molecule has 174 valence electrons. The second-order valence-electron chi connectivity index (χ2n) is 7.97. The third-order valence-corrected chi connectivity index (χ3v) is 6.71. The van der Waals surface area contributed by atoms with Crippen molar-refractivity contribution in [1.29, 1.82) is 0 Å². The molecule has 1 aliphatic heterocycles. The van der Waals surface area contributed by atoms with E-state index in [1.165, 1.54) is 12.1 Å². The van der Waals surface area contributed by atoms with E-state index in [0.29, 0.717) is 32.8 Å². The van der Waals surface area contributed by atoms with Gasteiger partial charge in [-0.25, -0.2) is 0 Å². The minimum atomic E-state index is -0.514. The van der Waals surface area contributed by atoms with E-state index in [9.17, 15) is 10.1 Å². The van der Waals surface area contributed by atoms with Crippen molar-refractivity contribution in [2.24, 2.45) is 11.1 Å². The van der Waals surface area contributed by atoms with Crippen LogP contribution < -0.4 is 9.47 Å². The van der Waals surface area contributed by atoms with Gasteiger partial charge in [0.1, 0.15) is 11.6 Å². The number of oxime groups is 1. The lowest BCUT2D eigenvalue weighted by atomic mass is 10.0. The predicted molar refractivity (Wildman–Crippen MR) is 129 cm³/mol. The summed E-state index contributed by atoms with van der Waals surface area (Å²) in [5.41, 5.74) is 2.79. The average molecular weight is 520 g/mol. The lowest BCUT2D eigenvalue weighted by molar-refractivity contribution is -0.384. The van der Waals surface area contributed by atoms with Crippen LogP contribution in [0.25, 0.3) is 0 Å². The Hall–Kier alpha value is -3.00. The maximum atomic E-state index is 11.4. The van der Waals surface area contributed by atoms with E-state index >= 15 is 0 Å². The highest BCUT2D eigenvalue weighted by Crippen LogP contribution is 2.51. The first-order chi connectivity index (χ1) is 16.4. The Labute approximate surface area is 209 Å². The summed E-state index contributed by atoms with van der Waals surface area (Å²) in [6.07, 6.45) is 0.806. The zero-order valence-electron chi connectivity index (χ0n) is 17.5. The molecule has 2 atom stereocenters. The molecule has 34 heavy (non-hydrogen) atoms. The fourth-order valence-corrected chi connectivity index (χ4v) is 4.62. The summed E-state index contributed by atoms with van der Waals surface area (Å²) in [7, 11) is 0. The Morgan fingerprint density at radius 1 is 1.03 bits per heavy atom. The molecule has 5 rings (SSSR count). The Morgan fingerprint density at radius 3 is 2.65 bits per heavy atom. The molecule has 3 aromatic carbocycles. The topological polar surface area (TPSA) is 83.2 Å². The molecule has 0 spiro atoms. The van der Waals surface area contributed by atoms with Crippen molar-refractivity contribution in [3.05, 3.63) is 96.5 Å². The lowest BCUT2D eigenvalue weighted by Crippen LogP contribution is -2.08. The van der Waals surface area contributed by atoms with Gasteiger partial charge >= 0.3 is 0 Å². The molecule has 3 aromatic rings. The maximum Gasteiger partial charge on any atom is 0.288 e. The van der Waals surface area contributed by atoms with Gasteiger partial charge in [0.25, 0.3) is 5.69 Å². The van der Waals surface area contributed by atoms with Crippen LogP contribution >= 0.6 is 34.8 Å². The summed E-state index contributed by atoms with van der Waals surface area (Å²) in [6, 6.07) is 15.6. The number of hydrogen-bond acceptors (Lipinski definition) is 6. The van der Waals surface area contributed by atoms with Gasteiger partial charge < -0.3 is 14.3 Å². The number of nitrogens with zero attached hydrogens (tertiary/aromatic N) is 2. The molecular weight excluding hydrogens is 503 g/mol. The highest BCUT2D eigenvalue weighted by atomic mass is 35.5. The first kappa shape index (κ1) is 22.8. The van der Waals surface area contributed by atoms with Gasteiger partial charge in [-0.3, -0.25) is 10.1 Å². The van der Waals surface area contributed by atoms with Gasteiger partial charge in [-0.05, 0) is 48.2 Å². The van der Waals surface area contributed by atoms with Crippen LogP contribution in [0.5, 0.6) is 11.5 Å². The number of rotatable bonds is 7. The first-order valence-corrected chi connectivity index (χ1v) is 11.5. The van der Waals surface area contributed by atoms with Gasteiger partial charge in [0.15, 0.2) is 11.5 Å². The summed E-state index contributed by atoms with van der Waals surface area (Å²) in [6.45, 7) is 0.325. The summed E-state index contributed by atoms with van der Waals surface area (Å²) in [4.78, 5) is 16.6. The van der Waals surface area contributed by atoms with Gasteiger partial charge in [0, 0.05) is 33.2 Å². The van der Waals surface area contributed by atoms with E-state index in [2.05, 4.69) is 5.16 Å². The maximum absolute atomic E-state index is 11.4. The Bertz CT molecular complexity index is 1310. The molecule has 2 aliphatic rings. The molecule has 10 heteroatoms. The van der Waals surface area contributed by atoms with Crippen molar-refractivity contribution in [3.8, 4) is 11.5 Å². The summed E-state index contributed by atoms with van der Waals surface area (Å²) in [5, 5.41) is 16.9. The van der Waals surface area contributed by atoms with Crippen molar-refractivity contribution in [2.75, 3.05) is 6.79 Å². The lowest BCUT2D eigenvalue weighted by Gasteiger charge is -2.09. The number of nitro benzene ring substituents is 1. The summed E-state index contributed by atoms with van der Waals surface area (Å²) in [5.74, 6) is 1.58. The number of halogens is 3. The predicted octanol–water partition coefficient (Wildman–Crippen LogP) is 7.01. The molecule has 1 aliphatic carbocycles. The van der Waals surface area contributed by atoms with E-state index in [0.717, 1.165) is 17.5 Å². The highest BCUT2D eigenvalue weighted by Gasteiger charge is 2.44. The van der Waals surface area contributed by atoms with Crippen LogP contribution in [-0.4, -0.2) is 17.4 Å². The third-order valence-electron chi connectivity index (χ3n) is 5.80. The minimum absolute atomic E-state index is 0.00170. The van der Waals surface area contributed by atoms with Crippen molar-refractivity contribution < 1.29 is 19.2 Å². The van der Waals surface area contributed by atoms with Crippen LogP contribution in [0.15, 0.2) is 59.8 Å². The molecular formula is C24H17Cl3N2O5. The van der Waals surface area contributed by atoms with E-state index in [4.69, 9.17) is 49.1 Å². The monoisotopic (exact) mass is 518 g/mol. The molecule has 0 bridgehead atoms. The quantitative estimate of drug-likeness (QED) is 0.190. The van der Waals surface area contributed by atoms with Crippen LogP contribution in [0.3, 0.4) is 0 Å². The van der Waals surface area contributed by atoms with Gasteiger partial charge in [0.05, 0.1) is 10.6 Å². The van der Waals surface area contributed by atoms with Crippen molar-refractivity contribution in [2.45, 2.75) is 18.9 Å². The van der Waals surface area contributed by atoms with Gasteiger partial charge in [-0.1, -0.05) is 58.2 Å².